The zero-order valence-corrected chi connectivity index (χ0v) is 18.9. The summed E-state index contributed by atoms with van der Waals surface area (Å²) >= 11 is 1.72. The van der Waals surface area contributed by atoms with E-state index in [4.69, 9.17) is 4.42 Å². The van der Waals surface area contributed by atoms with E-state index in [1.807, 2.05) is 31.0 Å². The van der Waals surface area contributed by atoms with Gasteiger partial charge in [-0.3, -0.25) is 14.4 Å². The second-order valence-corrected chi connectivity index (χ2v) is 9.66. The van der Waals surface area contributed by atoms with Crippen molar-refractivity contribution in [1.82, 2.24) is 24.6 Å². The molecule has 4 heterocycles. The van der Waals surface area contributed by atoms with Gasteiger partial charge in [-0.05, 0) is 25.5 Å². The van der Waals surface area contributed by atoms with Crippen molar-refractivity contribution in [3.05, 3.63) is 41.6 Å². The van der Waals surface area contributed by atoms with Crippen LogP contribution in [0.15, 0.2) is 33.9 Å². The predicted molar refractivity (Wildman–Crippen MR) is 119 cm³/mol. The third-order valence-electron chi connectivity index (χ3n) is 5.40. The monoisotopic (exact) mass is 427 g/mol. The third kappa shape index (κ3) is 4.25. The van der Waals surface area contributed by atoms with Crippen LogP contribution in [0, 0.1) is 6.92 Å². The van der Waals surface area contributed by atoms with Gasteiger partial charge in [-0.1, -0.05) is 13.8 Å². The first-order valence-corrected chi connectivity index (χ1v) is 11.3. The number of fused-ring (bicyclic) bond motifs is 1. The van der Waals surface area contributed by atoms with Crippen LogP contribution in [0.2, 0.25) is 0 Å². The summed E-state index contributed by atoms with van der Waals surface area (Å²) < 4.78 is 7.28. The number of rotatable bonds is 5. The molecule has 1 aliphatic heterocycles. The maximum atomic E-state index is 13.5. The molecule has 0 aromatic carbocycles. The van der Waals surface area contributed by atoms with E-state index >= 15 is 0 Å². The Morgan fingerprint density at radius 1 is 1.27 bits per heavy atom. The highest BCUT2D eigenvalue weighted by molar-refractivity contribution is 8.00. The fraction of sp³-hybridized carbons (Fsp3) is 0.500. The topological polar surface area (TPSA) is 67.4 Å². The molecular weight excluding hydrogens is 398 g/mol. The van der Waals surface area contributed by atoms with Crippen molar-refractivity contribution in [3.8, 4) is 0 Å². The van der Waals surface area contributed by atoms with Crippen molar-refractivity contribution in [2.75, 3.05) is 26.2 Å². The summed E-state index contributed by atoms with van der Waals surface area (Å²) in [7, 11) is 1.90. The first-order valence-electron chi connectivity index (χ1n) is 10.5. The van der Waals surface area contributed by atoms with Crippen molar-refractivity contribution in [1.29, 1.82) is 0 Å². The highest BCUT2D eigenvalue weighted by Crippen LogP contribution is 2.35. The van der Waals surface area contributed by atoms with Crippen molar-refractivity contribution in [2.45, 2.75) is 43.9 Å². The molecule has 0 saturated carbocycles. The minimum absolute atomic E-state index is 0.0654. The minimum atomic E-state index is 0.0654. The second kappa shape index (κ2) is 8.81. The zero-order valence-electron chi connectivity index (χ0n) is 18.1. The normalized spacial score (nSPS) is 15.8. The van der Waals surface area contributed by atoms with Gasteiger partial charge in [0.1, 0.15) is 5.76 Å². The number of nitrogens with zero attached hydrogens (tertiary/aromatic N) is 5. The van der Waals surface area contributed by atoms with Gasteiger partial charge < -0.3 is 9.32 Å². The molecule has 1 fully saturated rings. The van der Waals surface area contributed by atoms with Crippen LogP contribution in [0.4, 0.5) is 0 Å². The molecule has 3 aromatic heterocycles. The van der Waals surface area contributed by atoms with E-state index in [0.717, 1.165) is 60.0 Å². The fourth-order valence-corrected chi connectivity index (χ4v) is 5.11. The number of aryl methyl sites for hydroxylation is 2. The van der Waals surface area contributed by atoms with E-state index in [1.165, 1.54) is 0 Å². The van der Waals surface area contributed by atoms with Crippen molar-refractivity contribution >= 4 is 28.7 Å². The van der Waals surface area contributed by atoms with Crippen molar-refractivity contribution in [2.24, 2.45) is 7.05 Å². The Kier molecular flexibility index (Phi) is 6.15. The van der Waals surface area contributed by atoms with Crippen LogP contribution in [0.25, 0.3) is 11.0 Å². The number of carbonyl (C=O) groups excluding carboxylic acids is 1. The number of thioether (sulfide) groups is 1. The summed E-state index contributed by atoms with van der Waals surface area (Å²) in [6.07, 6.45) is 4.39. The highest BCUT2D eigenvalue weighted by atomic mass is 32.2. The van der Waals surface area contributed by atoms with Gasteiger partial charge in [-0.15, -0.1) is 11.8 Å². The molecule has 8 heteroatoms. The molecule has 0 radical (unpaired) electrons. The molecule has 0 unspecified atom stereocenters. The SMILES string of the molecule is Cc1nn(C)c2ncc(C(=O)N3CCCN(Cc4ccco4)CC3)c(SC(C)C)c12. The first-order chi connectivity index (χ1) is 14.4. The molecule has 1 amide bonds. The summed E-state index contributed by atoms with van der Waals surface area (Å²) in [4.78, 5) is 23.5. The zero-order chi connectivity index (χ0) is 21.3. The number of carbonyl (C=O) groups is 1. The lowest BCUT2D eigenvalue weighted by Crippen LogP contribution is -2.35. The quantitative estimate of drug-likeness (QED) is 0.578. The van der Waals surface area contributed by atoms with E-state index in [2.05, 4.69) is 28.8 Å². The number of pyridine rings is 1. The maximum Gasteiger partial charge on any atom is 0.256 e. The fourth-order valence-electron chi connectivity index (χ4n) is 4.01. The lowest BCUT2D eigenvalue weighted by molar-refractivity contribution is 0.0757. The molecule has 1 aliphatic rings. The van der Waals surface area contributed by atoms with Gasteiger partial charge in [0, 0.05) is 49.6 Å². The first kappa shape index (κ1) is 20.9. The maximum absolute atomic E-state index is 13.5. The summed E-state index contributed by atoms with van der Waals surface area (Å²) in [5.74, 6) is 1.03. The van der Waals surface area contributed by atoms with Crippen LogP contribution in [-0.4, -0.2) is 61.9 Å². The molecule has 7 nitrogen and oxygen atoms in total. The molecule has 30 heavy (non-hydrogen) atoms. The summed E-state index contributed by atoms with van der Waals surface area (Å²) in [6, 6.07) is 3.92. The van der Waals surface area contributed by atoms with Crippen LogP contribution < -0.4 is 0 Å². The predicted octanol–water partition coefficient (Wildman–Crippen LogP) is 3.72. The standard InChI is InChI=1S/C22H29N5O2S/c1-15(2)30-20-18(13-23-21-19(20)16(3)24-25(21)4)22(28)27-9-6-8-26(10-11-27)14-17-7-5-12-29-17/h5,7,12-13,15H,6,8-11,14H2,1-4H3. The lowest BCUT2D eigenvalue weighted by atomic mass is 10.1. The molecule has 4 rings (SSSR count). The molecule has 0 spiro atoms. The Morgan fingerprint density at radius 3 is 2.83 bits per heavy atom. The number of aromatic nitrogens is 3. The van der Waals surface area contributed by atoms with Gasteiger partial charge in [0.15, 0.2) is 5.65 Å². The van der Waals surface area contributed by atoms with Gasteiger partial charge in [0.05, 0.1) is 29.5 Å². The Bertz CT molecular complexity index is 1030. The minimum Gasteiger partial charge on any atom is -0.468 e. The van der Waals surface area contributed by atoms with Gasteiger partial charge in [-0.25, -0.2) is 4.98 Å². The van der Waals surface area contributed by atoms with Crippen LogP contribution in [0.1, 0.15) is 42.1 Å². The average molecular weight is 428 g/mol. The molecule has 1 saturated heterocycles. The molecule has 0 aliphatic carbocycles. The van der Waals surface area contributed by atoms with Crippen molar-refractivity contribution < 1.29 is 9.21 Å². The smallest absolute Gasteiger partial charge is 0.256 e. The van der Waals surface area contributed by atoms with E-state index in [9.17, 15) is 4.79 Å². The molecule has 3 aromatic rings. The van der Waals surface area contributed by atoms with Gasteiger partial charge in [0.25, 0.3) is 5.91 Å². The molecule has 0 bridgehead atoms. The average Bonchev–Trinajstić information content (AvgIpc) is 3.23. The molecule has 160 valence electrons. The Hall–Kier alpha value is -2.32. The molecule has 0 N–H and O–H groups in total. The van der Waals surface area contributed by atoms with Crippen LogP contribution >= 0.6 is 11.8 Å². The lowest BCUT2D eigenvalue weighted by Gasteiger charge is -2.23. The largest absolute Gasteiger partial charge is 0.468 e. The number of furan rings is 1. The van der Waals surface area contributed by atoms with Crippen LogP contribution in [0.3, 0.4) is 0 Å². The third-order valence-corrected chi connectivity index (χ3v) is 6.53. The Balaban J connectivity index is 1.58. The molecule has 0 atom stereocenters. The summed E-state index contributed by atoms with van der Waals surface area (Å²) in [6.45, 7) is 10.3. The van der Waals surface area contributed by atoms with Gasteiger partial charge in [0.2, 0.25) is 0 Å². The van der Waals surface area contributed by atoms with E-state index in [-0.39, 0.29) is 5.91 Å². The second-order valence-electron chi connectivity index (χ2n) is 8.08. The summed E-state index contributed by atoms with van der Waals surface area (Å²) in [5.41, 5.74) is 2.43. The number of hydrogen-bond donors (Lipinski definition) is 0. The molecular formula is C22H29N5O2S. The van der Waals surface area contributed by atoms with Crippen molar-refractivity contribution in [3.63, 3.8) is 0 Å². The van der Waals surface area contributed by atoms with E-state index in [1.54, 1.807) is 28.9 Å². The van der Waals surface area contributed by atoms with Gasteiger partial charge >= 0.3 is 0 Å². The van der Waals surface area contributed by atoms with E-state index in [0.29, 0.717) is 17.4 Å². The van der Waals surface area contributed by atoms with Crippen LogP contribution in [0.5, 0.6) is 0 Å². The Morgan fingerprint density at radius 2 is 2.10 bits per heavy atom. The highest BCUT2D eigenvalue weighted by Gasteiger charge is 2.26. The van der Waals surface area contributed by atoms with Crippen LogP contribution in [-0.2, 0) is 13.6 Å². The van der Waals surface area contributed by atoms with E-state index < -0.39 is 0 Å². The van der Waals surface area contributed by atoms with Gasteiger partial charge in [-0.2, -0.15) is 5.10 Å². The number of hydrogen-bond acceptors (Lipinski definition) is 6. The summed E-state index contributed by atoms with van der Waals surface area (Å²) in [5, 5.41) is 5.88. The Labute approximate surface area is 181 Å². The number of amides is 1.